The molecule has 186 valence electrons. The summed E-state index contributed by atoms with van der Waals surface area (Å²) in [4.78, 5) is 28.2. The van der Waals surface area contributed by atoms with E-state index < -0.39 is 16.4 Å². The van der Waals surface area contributed by atoms with Crippen LogP contribution in [0.25, 0.3) is 0 Å². The summed E-state index contributed by atoms with van der Waals surface area (Å²) in [6, 6.07) is 4.21. The second-order valence-electron chi connectivity index (χ2n) is 8.29. The Balaban J connectivity index is 1.44. The van der Waals surface area contributed by atoms with Crippen molar-refractivity contribution >= 4 is 51.3 Å². The maximum atomic E-state index is 13.5. The molecule has 0 radical (unpaired) electrons. The Hall–Kier alpha value is -2.90. The number of rotatable bonds is 7. The lowest BCUT2D eigenvalue weighted by Gasteiger charge is -2.48. The number of carbonyl (C=O) groups is 1. The Labute approximate surface area is 210 Å². The van der Waals surface area contributed by atoms with E-state index in [0.717, 1.165) is 17.4 Å². The Kier molecular flexibility index (Phi) is 7.47. The van der Waals surface area contributed by atoms with Gasteiger partial charge in [-0.25, -0.2) is 19.3 Å². The number of aliphatic hydroxyl groups is 1. The fourth-order valence-electron chi connectivity index (χ4n) is 3.82. The second-order valence-corrected chi connectivity index (χ2v) is 9.72. The summed E-state index contributed by atoms with van der Waals surface area (Å²) in [7, 11) is 0. The molecular formula is C22H25ClFN7O3S. The van der Waals surface area contributed by atoms with Crippen molar-refractivity contribution in [1.82, 2.24) is 15.0 Å². The highest BCUT2D eigenvalue weighted by Gasteiger charge is 2.26. The van der Waals surface area contributed by atoms with E-state index in [1.807, 2.05) is 4.90 Å². The molecule has 3 N–H and O–H groups in total. The normalized spacial score (nSPS) is 15.2. The zero-order chi connectivity index (χ0) is 25.2. The lowest BCUT2D eigenvalue weighted by atomic mass is 10.2. The smallest absolute Gasteiger partial charge is 0.267 e. The molecule has 3 heterocycles. The Bertz CT molecular complexity index is 1210. The molecule has 1 aromatic carbocycles. The van der Waals surface area contributed by atoms with E-state index in [2.05, 4.69) is 25.6 Å². The van der Waals surface area contributed by atoms with Crippen molar-refractivity contribution in [3.63, 3.8) is 0 Å². The summed E-state index contributed by atoms with van der Waals surface area (Å²) in [6.07, 6.45) is 1.43. The number of nitrogens with zero attached hydrogens (tertiary/aromatic N) is 5. The second kappa shape index (κ2) is 10.4. The average molecular weight is 522 g/mol. The first kappa shape index (κ1) is 25.2. The third kappa shape index (κ3) is 6.03. The molecular weight excluding hydrogens is 497 g/mol. The van der Waals surface area contributed by atoms with Crippen LogP contribution < -0.4 is 15.5 Å². The number of piperazine rings is 1. The Morgan fingerprint density at radius 2 is 2.03 bits per heavy atom. The number of nitrogens with one attached hydrogen (secondary N) is 2. The van der Waals surface area contributed by atoms with Gasteiger partial charge in [-0.3, -0.25) is 4.79 Å². The number of hydroxylamine groups is 3. The third-order valence-electron chi connectivity index (χ3n) is 5.67. The zero-order valence-electron chi connectivity index (χ0n) is 19.2. The van der Waals surface area contributed by atoms with Crippen LogP contribution in [-0.2, 0) is 0 Å². The van der Waals surface area contributed by atoms with Crippen molar-refractivity contribution in [2.24, 2.45) is 0 Å². The largest absolute Gasteiger partial charge is 0.633 e. The monoisotopic (exact) mass is 521 g/mol. The topological polar surface area (TPSA) is 126 Å². The molecule has 0 spiro atoms. The van der Waals surface area contributed by atoms with Crippen molar-refractivity contribution in [2.45, 2.75) is 13.8 Å². The lowest BCUT2D eigenvalue weighted by Crippen LogP contribution is -2.57. The molecule has 1 saturated heterocycles. The van der Waals surface area contributed by atoms with E-state index in [-0.39, 0.29) is 18.2 Å². The standard InChI is InChI=1S/C22H25ClFN7O3S/c1-13-9-15(24)10-16(23)20(13)29-21(33)17-12-25-22(35-17)28-18-11-19(27-14(2)26-18)30-3-5-31(34,6-4-30)7-8-32/h9-12,32H,3-8H2,1-2H3,(H,29,33)(H,25,26,27,28). The van der Waals surface area contributed by atoms with Gasteiger partial charge in [0.15, 0.2) is 5.13 Å². The molecule has 3 aromatic rings. The van der Waals surface area contributed by atoms with E-state index in [1.165, 1.54) is 12.3 Å². The summed E-state index contributed by atoms with van der Waals surface area (Å²) >= 11 is 7.21. The number of amides is 1. The molecule has 4 rings (SSSR count). The molecule has 0 bridgehead atoms. The quantitative estimate of drug-likeness (QED) is 0.319. The van der Waals surface area contributed by atoms with Crippen molar-refractivity contribution in [3.8, 4) is 0 Å². The van der Waals surface area contributed by atoms with Crippen LogP contribution in [0.2, 0.25) is 5.02 Å². The lowest BCUT2D eigenvalue weighted by molar-refractivity contribution is -0.881. The minimum Gasteiger partial charge on any atom is -0.633 e. The van der Waals surface area contributed by atoms with E-state index in [4.69, 9.17) is 16.7 Å². The fourth-order valence-corrected chi connectivity index (χ4v) is 4.84. The number of benzene rings is 1. The summed E-state index contributed by atoms with van der Waals surface area (Å²) in [5, 5.41) is 28.0. The number of hydrogen-bond acceptors (Lipinski definition) is 9. The number of carbonyl (C=O) groups excluding carboxylic acids is 1. The average Bonchev–Trinajstić information content (AvgIpc) is 3.25. The Morgan fingerprint density at radius 3 is 2.71 bits per heavy atom. The van der Waals surface area contributed by atoms with Crippen LogP contribution >= 0.6 is 22.9 Å². The third-order valence-corrected chi connectivity index (χ3v) is 6.88. The maximum Gasteiger partial charge on any atom is 0.267 e. The molecule has 0 saturated carbocycles. The first-order valence-electron chi connectivity index (χ1n) is 10.9. The summed E-state index contributed by atoms with van der Waals surface area (Å²) in [6.45, 7) is 5.27. The SMILES string of the molecule is Cc1nc(Nc2ncc(C(=O)Nc3c(C)cc(F)cc3Cl)s2)cc(N2CC[N+]([O-])(CCO)CC2)n1. The number of aromatic nitrogens is 3. The Morgan fingerprint density at radius 1 is 1.29 bits per heavy atom. The van der Waals surface area contributed by atoms with Crippen LogP contribution in [0.3, 0.4) is 0 Å². The number of halogens is 2. The molecule has 0 atom stereocenters. The molecule has 35 heavy (non-hydrogen) atoms. The van der Waals surface area contributed by atoms with Gasteiger partial charge in [-0.15, -0.1) is 0 Å². The van der Waals surface area contributed by atoms with Gasteiger partial charge in [-0.05, 0) is 31.5 Å². The molecule has 1 aliphatic rings. The van der Waals surface area contributed by atoms with E-state index in [9.17, 15) is 14.4 Å². The van der Waals surface area contributed by atoms with Crippen molar-refractivity contribution < 1.29 is 18.9 Å². The highest BCUT2D eigenvalue weighted by atomic mass is 35.5. The number of hydrogen-bond donors (Lipinski definition) is 3. The molecule has 1 fully saturated rings. The summed E-state index contributed by atoms with van der Waals surface area (Å²) < 4.78 is 13.1. The van der Waals surface area contributed by atoms with Gasteiger partial charge in [0.2, 0.25) is 0 Å². The van der Waals surface area contributed by atoms with Crippen LogP contribution in [-0.4, -0.2) is 69.9 Å². The van der Waals surface area contributed by atoms with Crippen molar-refractivity contribution in [2.75, 3.05) is 54.9 Å². The van der Waals surface area contributed by atoms with Gasteiger partial charge >= 0.3 is 0 Å². The maximum absolute atomic E-state index is 13.5. The molecule has 10 nitrogen and oxygen atoms in total. The van der Waals surface area contributed by atoms with Crippen LogP contribution in [0.1, 0.15) is 21.1 Å². The molecule has 0 aliphatic carbocycles. The van der Waals surface area contributed by atoms with Crippen LogP contribution in [0.15, 0.2) is 24.4 Å². The molecule has 2 aromatic heterocycles. The minimum atomic E-state index is -0.476. The van der Waals surface area contributed by atoms with Crippen molar-refractivity contribution in [3.05, 3.63) is 56.7 Å². The van der Waals surface area contributed by atoms with Gasteiger partial charge in [-0.1, -0.05) is 22.9 Å². The number of aryl methyl sites for hydroxylation is 2. The fraction of sp³-hybridized carbons (Fsp3) is 0.364. The van der Waals surface area contributed by atoms with Crippen LogP contribution in [0.4, 0.5) is 26.8 Å². The number of anilines is 4. The highest BCUT2D eigenvalue weighted by Crippen LogP contribution is 2.29. The van der Waals surface area contributed by atoms with Gasteiger partial charge in [0, 0.05) is 6.07 Å². The van der Waals surface area contributed by atoms with Gasteiger partial charge in [0.1, 0.15) is 34.7 Å². The molecule has 1 aliphatic heterocycles. The number of aliphatic hydroxyl groups excluding tert-OH is 1. The molecule has 1 amide bonds. The van der Waals surface area contributed by atoms with Gasteiger partial charge in [-0.2, -0.15) is 0 Å². The zero-order valence-corrected chi connectivity index (χ0v) is 20.8. The van der Waals surface area contributed by atoms with Crippen molar-refractivity contribution in [1.29, 1.82) is 0 Å². The first-order valence-corrected chi connectivity index (χ1v) is 12.1. The highest BCUT2D eigenvalue weighted by molar-refractivity contribution is 7.17. The first-order chi connectivity index (χ1) is 16.7. The number of quaternary nitrogens is 1. The predicted octanol–water partition coefficient (Wildman–Crippen LogP) is 3.47. The summed E-state index contributed by atoms with van der Waals surface area (Å²) in [5.41, 5.74) is 0.857. The van der Waals surface area contributed by atoms with E-state index in [0.29, 0.717) is 64.9 Å². The van der Waals surface area contributed by atoms with Gasteiger partial charge in [0.05, 0.1) is 49.7 Å². The van der Waals surface area contributed by atoms with E-state index >= 15 is 0 Å². The van der Waals surface area contributed by atoms with Crippen LogP contribution in [0.5, 0.6) is 0 Å². The van der Waals surface area contributed by atoms with Gasteiger partial charge < -0.3 is 30.5 Å². The molecule has 0 unspecified atom stereocenters. The number of thiazole rings is 1. The molecule has 13 heteroatoms. The minimum absolute atomic E-state index is 0.116. The van der Waals surface area contributed by atoms with E-state index in [1.54, 1.807) is 19.9 Å². The predicted molar refractivity (Wildman–Crippen MR) is 134 cm³/mol. The van der Waals surface area contributed by atoms with Gasteiger partial charge in [0.25, 0.3) is 5.91 Å². The summed E-state index contributed by atoms with van der Waals surface area (Å²) in [5.74, 6) is 0.851. The van der Waals surface area contributed by atoms with Crippen LogP contribution in [0, 0.1) is 24.9 Å².